The number of hydrogen-bond acceptors (Lipinski definition) is 4. The van der Waals surface area contributed by atoms with Crippen molar-refractivity contribution in [2.75, 3.05) is 0 Å². The molecule has 3 heterocycles. The molecule has 0 radical (unpaired) electrons. The molecule has 0 saturated carbocycles. The number of fused-ring (bicyclic) bond motifs is 1. The van der Waals surface area contributed by atoms with E-state index in [0.717, 1.165) is 16.2 Å². The van der Waals surface area contributed by atoms with Gasteiger partial charge in [0.25, 0.3) is 5.56 Å². The lowest BCUT2D eigenvalue weighted by molar-refractivity contribution is 0.733. The zero-order chi connectivity index (χ0) is 12.7. The molecule has 0 aliphatic carbocycles. The highest BCUT2D eigenvalue weighted by Crippen LogP contribution is 2.10. The quantitative estimate of drug-likeness (QED) is 0.702. The molecule has 0 fully saturated rings. The second-order valence-corrected chi connectivity index (χ2v) is 5.32. The molecule has 18 heavy (non-hydrogen) atoms. The van der Waals surface area contributed by atoms with Crippen LogP contribution in [0.1, 0.15) is 10.7 Å². The number of hydrogen-bond donors (Lipinski definition) is 0. The van der Waals surface area contributed by atoms with Crippen LogP contribution in [0.4, 0.5) is 0 Å². The van der Waals surface area contributed by atoms with Crippen LogP contribution in [0.2, 0.25) is 0 Å². The van der Waals surface area contributed by atoms with Gasteiger partial charge in [-0.05, 0) is 6.92 Å². The third-order valence-electron chi connectivity index (χ3n) is 2.76. The van der Waals surface area contributed by atoms with Crippen LogP contribution in [0.15, 0.2) is 28.9 Å². The first-order chi connectivity index (χ1) is 8.63. The van der Waals surface area contributed by atoms with Crippen molar-refractivity contribution < 1.29 is 0 Å². The van der Waals surface area contributed by atoms with Crippen molar-refractivity contribution in [1.82, 2.24) is 19.1 Å². The first-order valence-electron chi connectivity index (χ1n) is 5.55. The molecule has 0 unspecified atom stereocenters. The van der Waals surface area contributed by atoms with Gasteiger partial charge in [0.05, 0.1) is 34.5 Å². The van der Waals surface area contributed by atoms with Gasteiger partial charge in [-0.1, -0.05) is 0 Å². The first-order valence-corrected chi connectivity index (χ1v) is 6.43. The van der Waals surface area contributed by atoms with Gasteiger partial charge < -0.3 is 4.57 Å². The maximum absolute atomic E-state index is 12.2. The molecule has 0 aliphatic heterocycles. The predicted octanol–water partition coefficient (Wildman–Crippen LogP) is 1.55. The molecule has 0 bridgehead atoms. The largest absolute Gasteiger partial charge is 0.354 e. The van der Waals surface area contributed by atoms with E-state index in [0.29, 0.717) is 11.9 Å². The van der Waals surface area contributed by atoms with Gasteiger partial charge in [-0.15, -0.1) is 11.3 Å². The van der Waals surface area contributed by atoms with E-state index < -0.39 is 0 Å². The van der Waals surface area contributed by atoms with Gasteiger partial charge in [0.2, 0.25) is 0 Å². The van der Waals surface area contributed by atoms with Crippen LogP contribution >= 0.6 is 11.3 Å². The summed E-state index contributed by atoms with van der Waals surface area (Å²) in [4.78, 5) is 20.9. The van der Waals surface area contributed by atoms with Crippen molar-refractivity contribution in [3.8, 4) is 0 Å². The minimum Gasteiger partial charge on any atom is -0.354 e. The molecule has 3 aromatic heterocycles. The van der Waals surface area contributed by atoms with Crippen molar-refractivity contribution in [2.45, 2.75) is 13.5 Å². The second kappa shape index (κ2) is 4.06. The molecule has 0 amide bonds. The van der Waals surface area contributed by atoms with E-state index in [2.05, 4.69) is 9.97 Å². The summed E-state index contributed by atoms with van der Waals surface area (Å²) in [5.41, 5.74) is 1.61. The fourth-order valence-electron chi connectivity index (χ4n) is 1.94. The van der Waals surface area contributed by atoms with E-state index in [1.807, 2.05) is 30.1 Å². The summed E-state index contributed by atoms with van der Waals surface area (Å²) in [5, 5.41) is 3.62. The predicted molar refractivity (Wildman–Crippen MR) is 70.9 cm³/mol. The fourth-order valence-corrected chi connectivity index (χ4v) is 2.55. The van der Waals surface area contributed by atoms with E-state index in [1.54, 1.807) is 28.4 Å². The Balaban J connectivity index is 2.07. The smallest absolute Gasteiger partial charge is 0.263 e. The van der Waals surface area contributed by atoms with Crippen LogP contribution in [0, 0.1) is 6.92 Å². The van der Waals surface area contributed by atoms with Crippen molar-refractivity contribution in [3.63, 3.8) is 0 Å². The van der Waals surface area contributed by atoms with Gasteiger partial charge in [0, 0.05) is 24.8 Å². The lowest BCUT2D eigenvalue weighted by atomic mass is 10.4. The molecule has 0 aromatic carbocycles. The molecule has 0 atom stereocenters. The molecule has 0 spiro atoms. The summed E-state index contributed by atoms with van der Waals surface area (Å²) in [6.07, 6.45) is 5.22. The summed E-state index contributed by atoms with van der Waals surface area (Å²) in [6, 6.07) is 0. The summed E-state index contributed by atoms with van der Waals surface area (Å²) in [7, 11) is 1.88. The zero-order valence-corrected chi connectivity index (χ0v) is 10.9. The Hall–Kier alpha value is -1.95. The SMILES string of the molecule is Cc1nc(Cn2cnc3cn(C)cc3c2=O)cs1. The van der Waals surface area contributed by atoms with Gasteiger partial charge in [-0.3, -0.25) is 9.36 Å². The molecule has 3 rings (SSSR count). The van der Waals surface area contributed by atoms with Crippen molar-refractivity contribution in [2.24, 2.45) is 7.05 Å². The summed E-state index contributed by atoms with van der Waals surface area (Å²) < 4.78 is 3.44. The van der Waals surface area contributed by atoms with Gasteiger partial charge >= 0.3 is 0 Å². The minimum atomic E-state index is -0.0220. The maximum Gasteiger partial charge on any atom is 0.263 e. The molecule has 0 saturated heterocycles. The lowest BCUT2D eigenvalue weighted by Gasteiger charge is -2.01. The van der Waals surface area contributed by atoms with E-state index in [1.165, 1.54) is 0 Å². The first kappa shape index (κ1) is 11.2. The van der Waals surface area contributed by atoms with Gasteiger partial charge in [0.15, 0.2) is 0 Å². The Morgan fingerprint density at radius 1 is 1.39 bits per heavy atom. The van der Waals surface area contributed by atoms with E-state index >= 15 is 0 Å². The lowest BCUT2D eigenvalue weighted by Crippen LogP contribution is -2.20. The highest BCUT2D eigenvalue weighted by molar-refractivity contribution is 7.09. The van der Waals surface area contributed by atoms with E-state index in [-0.39, 0.29) is 5.56 Å². The molecule has 0 N–H and O–H groups in total. The van der Waals surface area contributed by atoms with Gasteiger partial charge in [-0.25, -0.2) is 9.97 Å². The molecular weight excluding hydrogens is 248 g/mol. The van der Waals surface area contributed by atoms with Crippen molar-refractivity contribution in [3.05, 3.63) is 45.2 Å². The third kappa shape index (κ3) is 1.84. The molecular formula is C12H12N4OS. The number of aromatic nitrogens is 4. The van der Waals surface area contributed by atoms with Crippen LogP contribution in [-0.4, -0.2) is 19.1 Å². The average molecular weight is 260 g/mol. The Kier molecular flexibility index (Phi) is 2.52. The summed E-state index contributed by atoms with van der Waals surface area (Å²) in [5.74, 6) is 0. The molecule has 0 aliphatic rings. The van der Waals surface area contributed by atoms with Crippen LogP contribution in [0.5, 0.6) is 0 Å². The Labute approximate surface area is 107 Å². The van der Waals surface area contributed by atoms with Crippen molar-refractivity contribution >= 4 is 22.2 Å². The highest BCUT2D eigenvalue weighted by atomic mass is 32.1. The average Bonchev–Trinajstić information content (AvgIpc) is 2.89. The topological polar surface area (TPSA) is 52.7 Å². The Bertz CT molecular complexity index is 768. The third-order valence-corrected chi connectivity index (χ3v) is 3.58. The molecule has 3 aromatic rings. The minimum absolute atomic E-state index is 0.0220. The molecule has 5 nitrogen and oxygen atoms in total. The van der Waals surface area contributed by atoms with E-state index in [4.69, 9.17) is 0 Å². The van der Waals surface area contributed by atoms with Crippen LogP contribution in [0.25, 0.3) is 10.9 Å². The molecule has 6 heteroatoms. The van der Waals surface area contributed by atoms with E-state index in [9.17, 15) is 4.79 Å². The Morgan fingerprint density at radius 3 is 2.94 bits per heavy atom. The van der Waals surface area contributed by atoms with Crippen molar-refractivity contribution in [1.29, 1.82) is 0 Å². The highest BCUT2D eigenvalue weighted by Gasteiger charge is 2.07. The van der Waals surface area contributed by atoms with Crippen LogP contribution < -0.4 is 5.56 Å². The second-order valence-electron chi connectivity index (χ2n) is 4.26. The van der Waals surface area contributed by atoms with Gasteiger partial charge in [-0.2, -0.15) is 0 Å². The standard InChI is InChI=1S/C12H12N4OS/c1-8-14-9(6-18-8)3-16-7-13-11-5-15(2)4-10(11)12(16)17/h4-7H,3H2,1-2H3. The molecule has 92 valence electrons. The zero-order valence-electron chi connectivity index (χ0n) is 10.1. The normalized spacial score (nSPS) is 11.2. The fraction of sp³-hybridized carbons (Fsp3) is 0.250. The number of thiazole rings is 1. The number of aryl methyl sites for hydroxylation is 2. The van der Waals surface area contributed by atoms with Crippen LogP contribution in [-0.2, 0) is 13.6 Å². The summed E-state index contributed by atoms with van der Waals surface area (Å²) in [6.45, 7) is 2.43. The monoisotopic (exact) mass is 260 g/mol. The van der Waals surface area contributed by atoms with Crippen LogP contribution in [0.3, 0.4) is 0 Å². The maximum atomic E-state index is 12.2. The number of rotatable bonds is 2. The Morgan fingerprint density at radius 2 is 2.22 bits per heavy atom. The summed E-state index contributed by atoms with van der Waals surface area (Å²) >= 11 is 1.59. The number of nitrogens with zero attached hydrogens (tertiary/aromatic N) is 4. The van der Waals surface area contributed by atoms with Gasteiger partial charge in [0.1, 0.15) is 0 Å².